The third-order valence-corrected chi connectivity index (χ3v) is 5.52. The summed E-state index contributed by atoms with van der Waals surface area (Å²) in [5, 5.41) is 6.36. The number of anilines is 1. The lowest BCUT2D eigenvalue weighted by atomic mass is 9.65. The van der Waals surface area contributed by atoms with Crippen molar-refractivity contribution in [3.8, 4) is 0 Å². The molecule has 5 nitrogen and oxygen atoms in total. The molecule has 5 heteroatoms. The van der Waals surface area contributed by atoms with E-state index >= 15 is 0 Å². The number of carbonyl (C=O) groups is 1. The Morgan fingerprint density at radius 1 is 1.20 bits per heavy atom. The van der Waals surface area contributed by atoms with E-state index in [4.69, 9.17) is 0 Å². The SMILES string of the molecule is CCCC(=O)Nc1ccc(CNC(=NC)N2CC(C)(C)C2(C)C)cc1. The first-order chi connectivity index (χ1) is 11.7. The van der Waals surface area contributed by atoms with Gasteiger partial charge in [-0.25, -0.2) is 0 Å². The standard InChI is InChI=1S/C20H32N4O/c1-7-8-17(25)23-16-11-9-15(10-12-16)13-22-18(21-6)24-14-19(2,3)20(24,4)5/h9-12H,7-8,13-14H2,1-6H3,(H,21,22)(H,23,25). The number of rotatable bonds is 5. The zero-order chi connectivity index (χ0) is 18.7. The molecule has 1 heterocycles. The Bertz CT molecular complexity index is 632. The van der Waals surface area contributed by atoms with Gasteiger partial charge in [-0.1, -0.05) is 32.9 Å². The number of carbonyl (C=O) groups excluding carboxylic acids is 1. The van der Waals surface area contributed by atoms with Gasteiger partial charge in [0.1, 0.15) is 0 Å². The maximum Gasteiger partial charge on any atom is 0.224 e. The second-order valence-electron chi connectivity index (χ2n) is 7.92. The summed E-state index contributed by atoms with van der Waals surface area (Å²) in [6.07, 6.45) is 1.41. The van der Waals surface area contributed by atoms with Gasteiger partial charge in [0, 0.05) is 43.2 Å². The first kappa shape index (κ1) is 19.3. The molecule has 0 bridgehead atoms. The predicted octanol–water partition coefficient (Wildman–Crippen LogP) is 3.62. The number of benzene rings is 1. The first-order valence-corrected chi connectivity index (χ1v) is 9.08. The van der Waals surface area contributed by atoms with Crippen LogP contribution in [-0.2, 0) is 11.3 Å². The van der Waals surface area contributed by atoms with Crippen molar-refractivity contribution in [2.24, 2.45) is 10.4 Å². The van der Waals surface area contributed by atoms with Gasteiger partial charge in [0.25, 0.3) is 0 Å². The predicted molar refractivity (Wildman–Crippen MR) is 105 cm³/mol. The lowest BCUT2D eigenvalue weighted by molar-refractivity contribution is -0.116. The molecular weight excluding hydrogens is 312 g/mol. The van der Waals surface area contributed by atoms with Gasteiger partial charge in [-0.3, -0.25) is 9.79 Å². The number of guanidine groups is 1. The fourth-order valence-electron chi connectivity index (χ4n) is 3.03. The van der Waals surface area contributed by atoms with Crippen LogP contribution < -0.4 is 10.6 Å². The molecule has 0 unspecified atom stereocenters. The second kappa shape index (κ2) is 7.46. The summed E-state index contributed by atoms with van der Waals surface area (Å²) in [6.45, 7) is 12.8. The molecule has 0 spiro atoms. The maximum absolute atomic E-state index is 11.6. The smallest absolute Gasteiger partial charge is 0.224 e. The number of likely N-dealkylation sites (tertiary alicyclic amines) is 1. The number of nitrogens with one attached hydrogen (secondary N) is 2. The van der Waals surface area contributed by atoms with E-state index in [1.807, 2.05) is 38.2 Å². The van der Waals surface area contributed by atoms with Crippen LogP contribution in [0.1, 0.15) is 53.0 Å². The molecule has 25 heavy (non-hydrogen) atoms. The number of hydrogen-bond acceptors (Lipinski definition) is 2. The number of hydrogen-bond donors (Lipinski definition) is 2. The Labute approximate surface area is 151 Å². The van der Waals surface area contributed by atoms with Crippen LogP contribution in [0.2, 0.25) is 0 Å². The average Bonchev–Trinajstić information content (AvgIpc) is 2.56. The van der Waals surface area contributed by atoms with E-state index in [-0.39, 0.29) is 16.9 Å². The van der Waals surface area contributed by atoms with Crippen molar-refractivity contribution in [3.63, 3.8) is 0 Å². The van der Waals surface area contributed by atoms with Crippen molar-refractivity contribution in [2.75, 3.05) is 18.9 Å². The summed E-state index contributed by atoms with van der Waals surface area (Å²) >= 11 is 0. The minimum absolute atomic E-state index is 0.0661. The van der Waals surface area contributed by atoms with Gasteiger partial charge in [0.15, 0.2) is 5.96 Å². The summed E-state index contributed by atoms with van der Waals surface area (Å²) in [5.74, 6) is 1.00. The minimum Gasteiger partial charge on any atom is -0.352 e. The fraction of sp³-hybridized carbons (Fsp3) is 0.600. The summed E-state index contributed by atoms with van der Waals surface area (Å²) in [5.41, 5.74) is 2.37. The minimum atomic E-state index is 0.0661. The van der Waals surface area contributed by atoms with Crippen LogP contribution in [0.15, 0.2) is 29.3 Å². The Kier molecular flexibility index (Phi) is 5.76. The molecule has 0 aliphatic carbocycles. The Morgan fingerprint density at radius 2 is 1.84 bits per heavy atom. The van der Waals surface area contributed by atoms with Crippen LogP contribution in [0.3, 0.4) is 0 Å². The van der Waals surface area contributed by atoms with Crippen molar-refractivity contribution in [3.05, 3.63) is 29.8 Å². The molecule has 0 aromatic heterocycles. The van der Waals surface area contributed by atoms with E-state index in [1.165, 1.54) is 0 Å². The third kappa shape index (κ3) is 4.14. The van der Waals surface area contributed by atoms with Gasteiger partial charge >= 0.3 is 0 Å². The summed E-state index contributed by atoms with van der Waals surface area (Å²) < 4.78 is 0. The molecule has 0 saturated carbocycles. The molecule has 1 fully saturated rings. The molecule has 1 aromatic rings. The van der Waals surface area contributed by atoms with Crippen LogP contribution in [0.4, 0.5) is 5.69 Å². The van der Waals surface area contributed by atoms with Crippen LogP contribution in [0, 0.1) is 5.41 Å². The summed E-state index contributed by atoms with van der Waals surface area (Å²) in [6, 6.07) is 7.97. The lowest BCUT2D eigenvalue weighted by Gasteiger charge is -2.62. The van der Waals surface area contributed by atoms with E-state index in [0.29, 0.717) is 13.0 Å². The number of nitrogens with zero attached hydrogens (tertiary/aromatic N) is 2. The molecule has 0 atom stereocenters. The normalized spacial score (nSPS) is 18.5. The second-order valence-corrected chi connectivity index (χ2v) is 7.92. The van der Waals surface area contributed by atoms with E-state index in [0.717, 1.165) is 30.2 Å². The quantitative estimate of drug-likeness (QED) is 0.633. The fourth-order valence-corrected chi connectivity index (χ4v) is 3.03. The average molecular weight is 345 g/mol. The Balaban J connectivity index is 1.91. The molecule has 2 rings (SSSR count). The van der Waals surface area contributed by atoms with E-state index in [9.17, 15) is 4.79 Å². The maximum atomic E-state index is 11.6. The monoisotopic (exact) mass is 344 g/mol. The zero-order valence-corrected chi connectivity index (χ0v) is 16.4. The van der Waals surface area contributed by atoms with Crippen molar-refractivity contribution in [1.82, 2.24) is 10.2 Å². The molecule has 2 N–H and O–H groups in total. The third-order valence-electron chi connectivity index (χ3n) is 5.52. The van der Waals surface area contributed by atoms with Crippen molar-refractivity contribution >= 4 is 17.6 Å². The molecular formula is C20H32N4O. The van der Waals surface area contributed by atoms with Crippen LogP contribution in [0.5, 0.6) is 0 Å². The Morgan fingerprint density at radius 3 is 2.32 bits per heavy atom. The van der Waals surface area contributed by atoms with Crippen molar-refractivity contribution < 1.29 is 4.79 Å². The van der Waals surface area contributed by atoms with E-state index in [1.54, 1.807) is 0 Å². The Hall–Kier alpha value is -2.04. The van der Waals surface area contributed by atoms with Crippen LogP contribution in [0.25, 0.3) is 0 Å². The van der Waals surface area contributed by atoms with Gasteiger partial charge in [0.2, 0.25) is 5.91 Å². The molecule has 0 radical (unpaired) electrons. The van der Waals surface area contributed by atoms with Gasteiger partial charge in [0.05, 0.1) is 0 Å². The highest BCUT2D eigenvalue weighted by Crippen LogP contribution is 2.46. The molecule has 138 valence electrons. The highest BCUT2D eigenvalue weighted by molar-refractivity contribution is 5.90. The number of aliphatic imine (C=N–C) groups is 1. The van der Waals surface area contributed by atoms with Gasteiger partial charge in [-0.2, -0.15) is 0 Å². The molecule has 1 aliphatic heterocycles. The van der Waals surface area contributed by atoms with Gasteiger partial charge < -0.3 is 15.5 Å². The number of amides is 1. The van der Waals surface area contributed by atoms with Gasteiger partial charge in [-0.05, 0) is 38.0 Å². The van der Waals surface area contributed by atoms with E-state index < -0.39 is 0 Å². The van der Waals surface area contributed by atoms with Gasteiger partial charge in [-0.15, -0.1) is 0 Å². The van der Waals surface area contributed by atoms with Crippen LogP contribution in [-0.4, -0.2) is 35.9 Å². The van der Waals surface area contributed by atoms with Crippen molar-refractivity contribution in [1.29, 1.82) is 0 Å². The first-order valence-electron chi connectivity index (χ1n) is 9.08. The largest absolute Gasteiger partial charge is 0.352 e. The topological polar surface area (TPSA) is 56.7 Å². The highest BCUT2D eigenvalue weighted by atomic mass is 16.1. The highest BCUT2D eigenvalue weighted by Gasteiger charge is 2.53. The molecule has 1 aliphatic rings. The van der Waals surface area contributed by atoms with E-state index in [2.05, 4.69) is 48.2 Å². The molecule has 1 saturated heterocycles. The summed E-state index contributed by atoms with van der Waals surface area (Å²) in [4.78, 5) is 18.4. The van der Waals surface area contributed by atoms with Crippen molar-refractivity contribution in [2.45, 2.75) is 59.5 Å². The zero-order valence-electron chi connectivity index (χ0n) is 16.4. The van der Waals surface area contributed by atoms with Crippen LogP contribution >= 0.6 is 0 Å². The lowest BCUT2D eigenvalue weighted by Crippen LogP contribution is -2.72. The molecule has 1 amide bonds. The molecule has 1 aromatic carbocycles. The summed E-state index contributed by atoms with van der Waals surface area (Å²) in [7, 11) is 1.83.